The molecule has 1 aliphatic carbocycles. The summed E-state index contributed by atoms with van der Waals surface area (Å²) in [6.45, 7) is 2.25. The van der Waals surface area contributed by atoms with Gasteiger partial charge < -0.3 is 5.11 Å². The Balaban J connectivity index is 1.77. The van der Waals surface area contributed by atoms with E-state index in [0.717, 1.165) is 24.8 Å². The molecule has 0 bridgehead atoms. The van der Waals surface area contributed by atoms with Crippen LogP contribution in [0.2, 0.25) is 0 Å². The van der Waals surface area contributed by atoms with Gasteiger partial charge in [0, 0.05) is 0 Å². The predicted molar refractivity (Wildman–Crippen MR) is 117 cm³/mol. The zero-order valence-electron chi connectivity index (χ0n) is 16.5. The van der Waals surface area contributed by atoms with Gasteiger partial charge in [-0.15, -0.1) is 0 Å². The van der Waals surface area contributed by atoms with Crippen LogP contribution in [0.15, 0.2) is 60.7 Å². The highest BCUT2D eigenvalue weighted by atomic mass is 16.3. The lowest BCUT2D eigenvalue weighted by Gasteiger charge is -2.18. The van der Waals surface area contributed by atoms with Crippen LogP contribution in [0.25, 0.3) is 17.2 Å². The maximum Gasteiger partial charge on any atom is 0.0796 e. The SMILES string of the molecule is CCCCCCCCC(O)c1ccccc1-c1cccc2c1C=CC=CC2. The zero-order chi connectivity index (χ0) is 18.9. The highest BCUT2D eigenvalue weighted by Crippen LogP contribution is 2.35. The first-order chi connectivity index (χ1) is 13.3. The first kappa shape index (κ1) is 19.6. The van der Waals surface area contributed by atoms with E-state index in [1.165, 1.54) is 54.4 Å². The van der Waals surface area contributed by atoms with Crippen molar-refractivity contribution in [1.82, 2.24) is 0 Å². The van der Waals surface area contributed by atoms with E-state index < -0.39 is 6.10 Å². The number of benzene rings is 2. The summed E-state index contributed by atoms with van der Waals surface area (Å²) in [4.78, 5) is 0. The van der Waals surface area contributed by atoms with Gasteiger partial charge in [-0.05, 0) is 40.7 Å². The van der Waals surface area contributed by atoms with Crippen LogP contribution < -0.4 is 0 Å². The Hall–Kier alpha value is -2.12. The van der Waals surface area contributed by atoms with Crippen molar-refractivity contribution >= 4 is 6.08 Å². The number of aliphatic hydroxyl groups excluding tert-OH is 1. The van der Waals surface area contributed by atoms with Crippen LogP contribution in [0.3, 0.4) is 0 Å². The molecule has 2 aromatic carbocycles. The Morgan fingerprint density at radius 2 is 1.63 bits per heavy atom. The quantitative estimate of drug-likeness (QED) is 0.466. The van der Waals surface area contributed by atoms with E-state index in [-0.39, 0.29) is 0 Å². The van der Waals surface area contributed by atoms with Crippen LogP contribution in [0, 0.1) is 0 Å². The van der Waals surface area contributed by atoms with Crippen molar-refractivity contribution in [3.63, 3.8) is 0 Å². The minimum Gasteiger partial charge on any atom is -0.388 e. The third-order valence-electron chi connectivity index (χ3n) is 5.49. The number of fused-ring (bicyclic) bond motifs is 1. The van der Waals surface area contributed by atoms with Crippen molar-refractivity contribution in [3.05, 3.63) is 77.4 Å². The first-order valence-corrected chi connectivity index (χ1v) is 10.5. The smallest absolute Gasteiger partial charge is 0.0796 e. The number of unbranched alkanes of at least 4 members (excludes halogenated alkanes) is 5. The summed E-state index contributed by atoms with van der Waals surface area (Å²) in [5.41, 5.74) is 6.08. The highest BCUT2D eigenvalue weighted by Gasteiger charge is 2.16. The second kappa shape index (κ2) is 10.3. The van der Waals surface area contributed by atoms with E-state index in [1.54, 1.807) is 0 Å². The average Bonchev–Trinajstić information content (AvgIpc) is 2.96. The summed E-state index contributed by atoms with van der Waals surface area (Å²) in [5, 5.41) is 10.9. The van der Waals surface area contributed by atoms with Gasteiger partial charge in [0.1, 0.15) is 0 Å². The predicted octanol–water partition coefficient (Wildman–Crippen LogP) is 7.26. The van der Waals surface area contributed by atoms with Gasteiger partial charge in [-0.25, -0.2) is 0 Å². The van der Waals surface area contributed by atoms with Crippen molar-refractivity contribution in [2.24, 2.45) is 0 Å². The summed E-state index contributed by atoms with van der Waals surface area (Å²) in [6, 6.07) is 14.9. The second-order valence-corrected chi connectivity index (χ2v) is 7.53. The third kappa shape index (κ3) is 5.20. The molecule has 0 radical (unpaired) electrons. The lowest BCUT2D eigenvalue weighted by molar-refractivity contribution is 0.164. The minimum atomic E-state index is -0.392. The fraction of sp³-hybridized carbons (Fsp3) is 0.385. The molecule has 1 nitrogen and oxygen atoms in total. The Morgan fingerprint density at radius 1 is 0.852 bits per heavy atom. The lowest BCUT2D eigenvalue weighted by atomic mass is 9.89. The fourth-order valence-electron chi connectivity index (χ4n) is 3.95. The second-order valence-electron chi connectivity index (χ2n) is 7.53. The molecule has 1 atom stereocenters. The first-order valence-electron chi connectivity index (χ1n) is 10.5. The van der Waals surface area contributed by atoms with E-state index in [1.807, 2.05) is 6.07 Å². The van der Waals surface area contributed by atoms with E-state index >= 15 is 0 Å². The van der Waals surface area contributed by atoms with Gasteiger partial charge >= 0.3 is 0 Å². The number of allylic oxidation sites excluding steroid dienone is 3. The molecule has 0 amide bonds. The van der Waals surface area contributed by atoms with Crippen molar-refractivity contribution in [2.75, 3.05) is 0 Å². The number of rotatable bonds is 9. The molecule has 0 heterocycles. The summed E-state index contributed by atoms with van der Waals surface area (Å²) < 4.78 is 0. The molecule has 1 unspecified atom stereocenters. The molecule has 0 aliphatic heterocycles. The van der Waals surface area contributed by atoms with Crippen molar-refractivity contribution < 1.29 is 5.11 Å². The average molecular weight is 361 g/mol. The van der Waals surface area contributed by atoms with Gasteiger partial charge in [0.25, 0.3) is 0 Å². The van der Waals surface area contributed by atoms with Crippen LogP contribution in [0.1, 0.15) is 74.7 Å². The van der Waals surface area contributed by atoms with Gasteiger partial charge in [0.2, 0.25) is 0 Å². The molecular formula is C26H32O. The molecule has 0 aromatic heterocycles. The van der Waals surface area contributed by atoms with Crippen LogP contribution in [0.5, 0.6) is 0 Å². The Morgan fingerprint density at radius 3 is 2.52 bits per heavy atom. The van der Waals surface area contributed by atoms with E-state index in [2.05, 4.69) is 67.6 Å². The molecule has 3 rings (SSSR count). The zero-order valence-corrected chi connectivity index (χ0v) is 16.5. The monoisotopic (exact) mass is 360 g/mol. The molecular weight excluding hydrogens is 328 g/mol. The van der Waals surface area contributed by atoms with Gasteiger partial charge in [-0.2, -0.15) is 0 Å². The Bertz CT molecular complexity index is 785. The van der Waals surface area contributed by atoms with Gasteiger partial charge in [-0.1, -0.05) is 112 Å². The Labute approximate surface area is 164 Å². The molecule has 0 fully saturated rings. The topological polar surface area (TPSA) is 20.2 Å². The maximum atomic E-state index is 10.9. The summed E-state index contributed by atoms with van der Waals surface area (Å²) in [6.07, 6.45) is 17.6. The minimum absolute atomic E-state index is 0.392. The largest absolute Gasteiger partial charge is 0.388 e. The van der Waals surface area contributed by atoms with E-state index in [9.17, 15) is 5.11 Å². The summed E-state index contributed by atoms with van der Waals surface area (Å²) >= 11 is 0. The molecule has 0 saturated heterocycles. The normalized spacial score (nSPS) is 14.0. The summed E-state index contributed by atoms with van der Waals surface area (Å²) in [5.74, 6) is 0. The molecule has 0 spiro atoms. The van der Waals surface area contributed by atoms with Crippen molar-refractivity contribution in [3.8, 4) is 11.1 Å². The third-order valence-corrected chi connectivity index (χ3v) is 5.49. The van der Waals surface area contributed by atoms with E-state index in [4.69, 9.17) is 0 Å². The molecule has 1 N–H and O–H groups in total. The molecule has 0 saturated carbocycles. The maximum absolute atomic E-state index is 10.9. The van der Waals surface area contributed by atoms with Crippen LogP contribution in [-0.4, -0.2) is 5.11 Å². The van der Waals surface area contributed by atoms with Crippen molar-refractivity contribution in [2.45, 2.75) is 64.4 Å². The van der Waals surface area contributed by atoms with Gasteiger partial charge in [0.05, 0.1) is 6.10 Å². The van der Waals surface area contributed by atoms with Crippen LogP contribution in [0.4, 0.5) is 0 Å². The molecule has 1 aliphatic rings. The lowest BCUT2D eigenvalue weighted by Crippen LogP contribution is -2.01. The summed E-state index contributed by atoms with van der Waals surface area (Å²) in [7, 11) is 0. The Kier molecular flexibility index (Phi) is 7.47. The molecule has 2 aromatic rings. The van der Waals surface area contributed by atoms with Gasteiger partial charge in [-0.3, -0.25) is 0 Å². The fourth-order valence-corrected chi connectivity index (χ4v) is 3.95. The van der Waals surface area contributed by atoms with E-state index in [0.29, 0.717) is 0 Å². The molecule has 27 heavy (non-hydrogen) atoms. The van der Waals surface area contributed by atoms with Gasteiger partial charge in [0.15, 0.2) is 0 Å². The van der Waals surface area contributed by atoms with Crippen LogP contribution >= 0.6 is 0 Å². The standard InChI is InChI=1S/C26H32O/c1-2-3-4-5-6-10-20-26(27)25-18-12-11-17-24(25)23-19-13-15-21-14-8-7-9-16-22(21)23/h7-9,11-13,15-19,26-27H,2-6,10,14,20H2,1H3. The molecule has 142 valence electrons. The van der Waals surface area contributed by atoms with Crippen LogP contribution in [-0.2, 0) is 6.42 Å². The van der Waals surface area contributed by atoms with Crippen molar-refractivity contribution in [1.29, 1.82) is 0 Å². The highest BCUT2D eigenvalue weighted by molar-refractivity contribution is 5.80. The molecule has 1 heteroatoms. The number of hydrogen-bond acceptors (Lipinski definition) is 1. The number of aliphatic hydroxyl groups is 1. The number of hydrogen-bond donors (Lipinski definition) is 1.